The summed E-state index contributed by atoms with van der Waals surface area (Å²) in [5, 5.41) is 11.9. The van der Waals surface area contributed by atoms with Crippen molar-refractivity contribution in [3.05, 3.63) is 72.3 Å². The first-order valence-electron chi connectivity index (χ1n) is 8.63. The number of nitrogens with one attached hydrogen (secondary N) is 1. The molecule has 7 nitrogen and oxygen atoms in total. The van der Waals surface area contributed by atoms with Crippen LogP contribution in [0, 0.1) is 0 Å². The van der Waals surface area contributed by atoms with E-state index < -0.39 is 0 Å². The number of fused-ring (bicyclic) bond motifs is 1. The summed E-state index contributed by atoms with van der Waals surface area (Å²) >= 11 is 0. The summed E-state index contributed by atoms with van der Waals surface area (Å²) < 4.78 is 10.3. The molecule has 1 aromatic heterocycles. The van der Waals surface area contributed by atoms with Gasteiger partial charge < -0.3 is 14.8 Å². The molecule has 0 radical (unpaired) electrons. The maximum absolute atomic E-state index is 12.5. The molecular weight excluding hydrogens is 356 g/mol. The monoisotopic (exact) mass is 374 g/mol. The van der Waals surface area contributed by atoms with Crippen LogP contribution in [0.25, 0.3) is 16.7 Å². The molecule has 28 heavy (non-hydrogen) atoms. The van der Waals surface area contributed by atoms with Crippen LogP contribution in [0.3, 0.4) is 0 Å². The van der Waals surface area contributed by atoms with E-state index >= 15 is 0 Å². The zero-order chi connectivity index (χ0) is 19.5. The van der Waals surface area contributed by atoms with Gasteiger partial charge in [0.05, 0.1) is 19.9 Å². The van der Waals surface area contributed by atoms with Crippen molar-refractivity contribution >= 4 is 22.6 Å². The molecule has 0 bridgehead atoms. The van der Waals surface area contributed by atoms with Gasteiger partial charge in [0.25, 0.3) is 5.91 Å². The summed E-state index contributed by atoms with van der Waals surface area (Å²) in [4.78, 5) is 14.0. The van der Waals surface area contributed by atoms with Crippen LogP contribution in [0.4, 0.5) is 5.69 Å². The SMILES string of the molecule is COc1ccc(-n2nc3ccc(NC(=O)c4cccc(OC)c4)cc3n2)cc1. The van der Waals surface area contributed by atoms with Gasteiger partial charge in [0.15, 0.2) is 0 Å². The molecule has 0 aliphatic rings. The van der Waals surface area contributed by atoms with Gasteiger partial charge in [-0.05, 0) is 60.7 Å². The number of aromatic nitrogens is 3. The van der Waals surface area contributed by atoms with Gasteiger partial charge in [-0.3, -0.25) is 4.79 Å². The smallest absolute Gasteiger partial charge is 0.255 e. The highest BCUT2D eigenvalue weighted by molar-refractivity contribution is 6.05. The van der Waals surface area contributed by atoms with Crippen LogP contribution in [-0.2, 0) is 0 Å². The van der Waals surface area contributed by atoms with E-state index in [9.17, 15) is 4.79 Å². The third-order valence-electron chi connectivity index (χ3n) is 4.27. The predicted octanol–water partition coefficient (Wildman–Crippen LogP) is 3.69. The molecular formula is C21H18N4O3. The van der Waals surface area contributed by atoms with Crippen molar-refractivity contribution in [2.24, 2.45) is 0 Å². The lowest BCUT2D eigenvalue weighted by molar-refractivity contribution is 0.102. The summed E-state index contributed by atoms with van der Waals surface area (Å²) in [5.74, 6) is 1.18. The van der Waals surface area contributed by atoms with E-state index in [1.807, 2.05) is 30.3 Å². The van der Waals surface area contributed by atoms with Gasteiger partial charge in [0.2, 0.25) is 0 Å². The second-order valence-corrected chi connectivity index (χ2v) is 6.08. The number of nitrogens with zero attached hydrogens (tertiary/aromatic N) is 3. The van der Waals surface area contributed by atoms with Crippen molar-refractivity contribution in [2.45, 2.75) is 0 Å². The number of ether oxygens (including phenoxy) is 2. The van der Waals surface area contributed by atoms with Gasteiger partial charge in [-0.2, -0.15) is 4.80 Å². The molecule has 0 atom stereocenters. The maximum Gasteiger partial charge on any atom is 0.255 e. The van der Waals surface area contributed by atoms with Crippen LogP contribution < -0.4 is 14.8 Å². The number of carbonyl (C=O) groups is 1. The quantitative estimate of drug-likeness (QED) is 0.576. The van der Waals surface area contributed by atoms with Gasteiger partial charge in [0.1, 0.15) is 22.5 Å². The van der Waals surface area contributed by atoms with Gasteiger partial charge in [-0.15, -0.1) is 10.2 Å². The maximum atomic E-state index is 12.5. The van der Waals surface area contributed by atoms with Crippen molar-refractivity contribution < 1.29 is 14.3 Å². The minimum absolute atomic E-state index is 0.221. The largest absolute Gasteiger partial charge is 0.497 e. The molecule has 0 saturated carbocycles. The Kier molecular flexibility index (Phi) is 4.63. The van der Waals surface area contributed by atoms with E-state index in [2.05, 4.69) is 15.5 Å². The van der Waals surface area contributed by atoms with E-state index in [0.29, 0.717) is 22.5 Å². The first-order chi connectivity index (χ1) is 13.7. The molecule has 140 valence electrons. The molecule has 0 saturated heterocycles. The molecule has 4 rings (SSSR count). The summed E-state index contributed by atoms with van der Waals surface area (Å²) in [5.41, 5.74) is 3.39. The number of anilines is 1. The van der Waals surface area contributed by atoms with Gasteiger partial charge in [-0.1, -0.05) is 6.07 Å². The summed E-state index contributed by atoms with van der Waals surface area (Å²) in [6.07, 6.45) is 0. The molecule has 1 amide bonds. The standard InChI is InChI=1S/C21H18N4O3/c1-27-17-9-7-16(8-10-17)25-23-19-11-6-15(13-20(19)24-25)22-21(26)14-4-3-5-18(12-14)28-2/h3-13H,1-2H3,(H,22,26). The van der Waals surface area contributed by atoms with Crippen LogP contribution in [0.2, 0.25) is 0 Å². The molecule has 0 fully saturated rings. The molecule has 3 aromatic carbocycles. The molecule has 0 aliphatic carbocycles. The van der Waals surface area contributed by atoms with Crippen LogP contribution in [-0.4, -0.2) is 35.1 Å². The second kappa shape index (κ2) is 7.40. The Hall–Kier alpha value is -3.87. The third-order valence-corrected chi connectivity index (χ3v) is 4.27. The topological polar surface area (TPSA) is 78.3 Å². The number of benzene rings is 3. The number of hydrogen-bond acceptors (Lipinski definition) is 5. The minimum atomic E-state index is -0.221. The van der Waals surface area contributed by atoms with Crippen LogP contribution in [0.1, 0.15) is 10.4 Å². The van der Waals surface area contributed by atoms with E-state index in [4.69, 9.17) is 9.47 Å². The first-order valence-corrected chi connectivity index (χ1v) is 8.63. The Morgan fingerprint density at radius 2 is 1.61 bits per heavy atom. The minimum Gasteiger partial charge on any atom is -0.497 e. The number of carbonyl (C=O) groups excluding carboxylic acids is 1. The van der Waals surface area contributed by atoms with Crippen molar-refractivity contribution in [3.63, 3.8) is 0 Å². The Morgan fingerprint density at radius 1 is 0.857 bits per heavy atom. The Labute approximate surface area is 161 Å². The Balaban J connectivity index is 1.58. The lowest BCUT2D eigenvalue weighted by Crippen LogP contribution is -2.11. The average Bonchev–Trinajstić information content (AvgIpc) is 3.17. The lowest BCUT2D eigenvalue weighted by Gasteiger charge is -2.06. The number of hydrogen-bond donors (Lipinski definition) is 1. The Morgan fingerprint density at radius 3 is 2.36 bits per heavy atom. The fourth-order valence-electron chi connectivity index (χ4n) is 2.79. The van der Waals surface area contributed by atoms with Gasteiger partial charge >= 0.3 is 0 Å². The van der Waals surface area contributed by atoms with Gasteiger partial charge in [-0.25, -0.2) is 0 Å². The van der Waals surface area contributed by atoms with E-state index in [1.165, 1.54) is 0 Å². The van der Waals surface area contributed by atoms with Crippen LogP contribution in [0.15, 0.2) is 66.7 Å². The van der Waals surface area contributed by atoms with Crippen LogP contribution in [0.5, 0.6) is 11.5 Å². The summed E-state index contributed by atoms with van der Waals surface area (Å²) in [6, 6.07) is 19.9. The number of rotatable bonds is 5. The normalized spacial score (nSPS) is 10.6. The van der Waals surface area contributed by atoms with E-state index in [1.54, 1.807) is 55.4 Å². The third kappa shape index (κ3) is 3.50. The van der Waals surface area contributed by atoms with E-state index in [0.717, 1.165) is 17.0 Å². The molecule has 7 heteroatoms. The Bertz CT molecular complexity index is 1140. The fourth-order valence-corrected chi connectivity index (χ4v) is 2.79. The predicted molar refractivity (Wildman–Crippen MR) is 106 cm³/mol. The highest BCUT2D eigenvalue weighted by Crippen LogP contribution is 2.20. The van der Waals surface area contributed by atoms with Crippen molar-refractivity contribution in [3.8, 4) is 17.2 Å². The van der Waals surface area contributed by atoms with Crippen molar-refractivity contribution in [2.75, 3.05) is 19.5 Å². The number of methoxy groups -OCH3 is 2. The lowest BCUT2D eigenvalue weighted by atomic mass is 10.2. The van der Waals surface area contributed by atoms with E-state index in [-0.39, 0.29) is 5.91 Å². The van der Waals surface area contributed by atoms with Crippen molar-refractivity contribution in [1.29, 1.82) is 0 Å². The molecule has 1 N–H and O–H groups in total. The molecule has 4 aromatic rings. The van der Waals surface area contributed by atoms with Crippen LogP contribution >= 0.6 is 0 Å². The fraction of sp³-hybridized carbons (Fsp3) is 0.0952. The van der Waals surface area contributed by atoms with Crippen molar-refractivity contribution in [1.82, 2.24) is 15.0 Å². The second-order valence-electron chi connectivity index (χ2n) is 6.08. The summed E-state index contributed by atoms with van der Waals surface area (Å²) in [6.45, 7) is 0. The molecule has 1 heterocycles. The highest BCUT2D eigenvalue weighted by Gasteiger charge is 2.10. The average molecular weight is 374 g/mol. The highest BCUT2D eigenvalue weighted by atomic mass is 16.5. The molecule has 0 spiro atoms. The van der Waals surface area contributed by atoms with Gasteiger partial charge in [0, 0.05) is 11.3 Å². The number of amides is 1. The first kappa shape index (κ1) is 17.5. The molecule has 0 aliphatic heterocycles. The molecule has 0 unspecified atom stereocenters. The summed E-state index contributed by atoms with van der Waals surface area (Å²) in [7, 11) is 3.19. The zero-order valence-electron chi connectivity index (χ0n) is 15.4. The zero-order valence-corrected chi connectivity index (χ0v) is 15.4.